The highest BCUT2D eigenvalue weighted by Crippen LogP contribution is 2.34. The number of carbonyl (C=O) groups is 1. The van der Waals surface area contributed by atoms with Gasteiger partial charge in [0.15, 0.2) is 0 Å². The predicted molar refractivity (Wildman–Crippen MR) is 131 cm³/mol. The van der Waals surface area contributed by atoms with Crippen molar-refractivity contribution in [2.24, 2.45) is 12.2 Å². The van der Waals surface area contributed by atoms with Crippen LogP contribution < -0.4 is 10.3 Å². The Balaban J connectivity index is 1.90. The minimum atomic E-state index is -0.847. The van der Waals surface area contributed by atoms with E-state index < -0.39 is 5.97 Å². The summed E-state index contributed by atoms with van der Waals surface area (Å²) >= 11 is 6.18. The van der Waals surface area contributed by atoms with Crippen LogP contribution in [0.2, 0.25) is 5.02 Å². The topological polar surface area (TPSA) is 101 Å². The summed E-state index contributed by atoms with van der Waals surface area (Å²) in [5.41, 5.74) is 3.97. The van der Waals surface area contributed by atoms with Crippen molar-refractivity contribution in [3.05, 3.63) is 98.4 Å². The summed E-state index contributed by atoms with van der Waals surface area (Å²) in [7, 11) is 1.65. The quantitative estimate of drug-likeness (QED) is 0.183. The molecule has 7 nitrogen and oxygen atoms in total. The van der Waals surface area contributed by atoms with Gasteiger partial charge in [-0.2, -0.15) is 0 Å². The fourth-order valence-electron chi connectivity index (χ4n) is 3.82. The second-order valence-electron chi connectivity index (χ2n) is 8.09. The summed E-state index contributed by atoms with van der Waals surface area (Å²) in [6.07, 6.45) is 2.52. The van der Waals surface area contributed by atoms with E-state index in [0.717, 1.165) is 16.7 Å². The highest BCUT2D eigenvalue weighted by Gasteiger charge is 2.21. The second-order valence-corrected chi connectivity index (χ2v) is 8.52. The Labute approximate surface area is 202 Å². The molecule has 1 heterocycles. The summed E-state index contributed by atoms with van der Waals surface area (Å²) in [6, 6.07) is 16.4. The Morgan fingerprint density at radius 2 is 1.88 bits per heavy atom. The van der Waals surface area contributed by atoms with Crippen molar-refractivity contribution >= 4 is 23.3 Å². The standard InChI is InChI=1S/C26H27ClN2O5/c1-17-14-20(27)8-11-22(17)23(15-24(28-33)19-7-12-25(30)29(2)16-19)18-5-9-21(10-6-18)34-13-3-4-26(31)32/h5-12,14,16,23,33H,3-4,13,15H2,1-2H3,(H,31,32)/b28-24+. The number of aryl methyl sites for hydroxylation is 2. The van der Waals surface area contributed by atoms with Crippen LogP contribution in [0.4, 0.5) is 0 Å². The van der Waals surface area contributed by atoms with Gasteiger partial charge in [-0.3, -0.25) is 9.59 Å². The largest absolute Gasteiger partial charge is 0.494 e. The number of aromatic nitrogens is 1. The molecule has 2 aromatic carbocycles. The van der Waals surface area contributed by atoms with Crippen molar-refractivity contribution in [2.45, 2.75) is 32.1 Å². The van der Waals surface area contributed by atoms with Crippen LogP contribution >= 0.6 is 11.6 Å². The molecule has 0 amide bonds. The fourth-order valence-corrected chi connectivity index (χ4v) is 4.05. The summed E-state index contributed by atoms with van der Waals surface area (Å²) in [4.78, 5) is 22.4. The molecule has 178 valence electrons. The molecule has 1 aromatic heterocycles. The number of carboxylic acids is 1. The SMILES string of the molecule is Cc1cc(Cl)ccc1C(C/C(=N\O)c1ccc(=O)n(C)c1)c1ccc(OCCCC(=O)O)cc1. The van der Waals surface area contributed by atoms with Gasteiger partial charge in [-0.15, -0.1) is 0 Å². The van der Waals surface area contributed by atoms with Gasteiger partial charge in [0.2, 0.25) is 5.56 Å². The Kier molecular flexibility index (Phi) is 8.49. The first-order valence-electron chi connectivity index (χ1n) is 10.9. The van der Waals surface area contributed by atoms with E-state index in [4.69, 9.17) is 21.4 Å². The van der Waals surface area contributed by atoms with Crippen LogP contribution in [-0.2, 0) is 11.8 Å². The molecular weight excluding hydrogens is 456 g/mol. The zero-order valence-corrected chi connectivity index (χ0v) is 19.8. The maximum absolute atomic E-state index is 11.8. The monoisotopic (exact) mass is 482 g/mol. The number of nitrogens with zero attached hydrogens (tertiary/aromatic N) is 2. The highest BCUT2D eigenvalue weighted by molar-refractivity contribution is 6.30. The molecule has 1 unspecified atom stereocenters. The molecule has 0 aliphatic carbocycles. The Morgan fingerprint density at radius 1 is 1.15 bits per heavy atom. The van der Waals surface area contributed by atoms with Gasteiger partial charge in [0.05, 0.1) is 12.3 Å². The Morgan fingerprint density at radius 3 is 2.50 bits per heavy atom. The van der Waals surface area contributed by atoms with Gasteiger partial charge < -0.3 is 19.6 Å². The smallest absolute Gasteiger partial charge is 0.303 e. The van der Waals surface area contributed by atoms with Crippen molar-refractivity contribution in [2.75, 3.05) is 6.61 Å². The molecular formula is C26H27ClN2O5. The summed E-state index contributed by atoms with van der Waals surface area (Å²) in [6.45, 7) is 2.30. The number of halogens is 1. The summed E-state index contributed by atoms with van der Waals surface area (Å²) in [5, 5.41) is 22.8. The van der Waals surface area contributed by atoms with Gasteiger partial charge in [-0.1, -0.05) is 35.0 Å². The molecule has 34 heavy (non-hydrogen) atoms. The lowest BCUT2D eigenvalue weighted by Crippen LogP contribution is -2.18. The van der Waals surface area contributed by atoms with E-state index >= 15 is 0 Å². The van der Waals surface area contributed by atoms with Gasteiger partial charge in [-0.05, 0) is 60.4 Å². The van der Waals surface area contributed by atoms with E-state index in [0.29, 0.717) is 41.5 Å². The summed E-state index contributed by atoms with van der Waals surface area (Å²) < 4.78 is 7.10. The molecule has 0 saturated heterocycles. The molecule has 0 spiro atoms. The molecule has 8 heteroatoms. The molecule has 1 atom stereocenters. The van der Waals surface area contributed by atoms with Gasteiger partial charge in [-0.25, -0.2) is 0 Å². The molecule has 0 fully saturated rings. The number of aliphatic carboxylic acids is 1. The molecule has 0 aliphatic rings. The minimum Gasteiger partial charge on any atom is -0.494 e. The number of benzene rings is 2. The number of carboxylic acid groups (broad SMARTS) is 1. The third-order valence-electron chi connectivity index (χ3n) is 5.63. The number of oxime groups is 1. The average molecular weight is 483 g/mol. The lowest BCUT2D eigenvalue weighted by molar-refractivity contribution is -0.137. The van der Waals surface area contributed by atoms with Crippen LogP contribution in [0.5, 0.6) is 5.75 Å². The van der Waals surface area contributed by atoms with Crippen LogP contribution in [0, 0.1) is 6.92 Å². The summed E-state index contributed by atoms with van der Waals surface area (Å²) in [5.74, 6) is -0.351. The third-order valence-corrected chi connectivity index (χ3v) is 5.87. The van der Waals surface area contributed by atoms with Crippen molar-refractivity contribution in [3.8, 4) is 5.75 Å². The zero-order valence-electron chi connectivity index (χ0n) is 19.1. The average Bonchev–Trinajstić information content (AvgIpc) is 2.81. The van der Waals surface area contributed by atoms with Gasteiger partial charge in [0, 0.05) is 48.7 Å². The first-order valence-corrected chi connectivity index (χ1v) is 11.2. The lowest BCUT2D eigenvalue weighted by Gasteiger charge is -2.21. The normalized spacial score (nSPS) is 12.4. The molecule has 2 N–H and O–H groups in total. The molecule has 0 bridgehead atoms. The number of hydrogen-bond donors (Lipinski definition) is 2. The third kappa shape index (κ3) is 6.48. The van der Waals surface area contributed by atoms with E-state index in [1.807, 2.05) is 49.4 Å². The number of rotatable bonds is 10. The molecule has 0 saturated carbocycles. The van der Waals surface area contributed by atoms with Crippen molar-refractivity contribution in [3.63, 3.8) is 0 Å². The van der Waals surface area contributed by atoms with E-state index in [1.165, 1.54) is 10.6 Å². The predicted octanol–water partition coefficient (Wildman–Crippen LogP) is 4.99. The first-order chi connectivity index (χ1) is 16.3. The number of pyridine rings is 1. The zero-order chi connectivity index (χ0) is 24.7. The van der Waals surface area contributed by atoms with Crippen LogP contribution in [0.25, 0.3) is 0 Å². The molecule has 0 aliphatic heterocycles. The fraction of sp³-hybridized carbons (Fsp3) is 0.269. The maximum atomic E-state index is 11.8. The van der Waals surface area contributed by atoms with E-state index in [9.17, 15) is 14.8 Å². The second kappa shape index (κ2) is 11.5. The van der Waals surface area contributed by atoms with E-state index in [2.05, 4.69) is 5.16 Å². The lowest BCUT2D eigenvalue weighted by atomic mass is 9.83. The van der Waals surface area contributed by atoms with E-state index in [-0.39, 0.29) is 17.9 Å². The van der Waals surface area contributed by atoms with Gasteiger partial charge in [0.25, 0.3) is 0 Å². The minimum absolute atomic E-state index is 0.0599. The molecule has 3 aromatic rings. The van der Waals surface area contributed by atoms with Crippen LogP contribution in [-0.4, -0.2) is 33.2 Å². The molecule has 0 radical (unpaired) electrons. The highest BCUT2D eigenvalue weighted by atomic mass is 35.5. The Bertz CT molecular complexity index is 1230. The number of ether oxygens (including phenoxy) is 1. The van der Waals surface area contributed by atoms with Crippen molar-refractivity contribution < 1.29 is 19.8 Å². The van der Waals surface area contributed by atoms with Gasteiger partial charge in [0.1, 0.15) is 5.75 Å². The van der Waals surface area contributed by atoms with Crippen LogP contribution in [0.15, 0.2) is 70.7 Å². The maximum Gasteiger partial charge on any atom is 0.303 e. The first kappa shape index (κ1) is 25.1. The van der Waals surface area contributed by atoms with Crippen LogP contribution in [0.3, 0.4) is 0 Å². The van der Waals surface area contributed by atoms with Crippen molar-refractivity contribution in [1.82, 2.24) is 4.57 Å². The molecule has 3 rings (SSSR count). The van der Waals surface area contributed by atoms with Crippen molar-refractivity contribution in [1.29, 1.82) is 0 Å². The van der Waals surface area contributed by atoms with Crippen LogP contribution in [0.1, 0.15) is 47.4 Å². The number of hydrogen-bond acceptors (Lipinski definition) is 5. The van der Waals surface area contributed by atoms with E-state index in [1.54, 1.807) is 19.3 Å². The Hall–Kier alpha value is -3.58. The van der Waals surface area contributed by atoms with Gasteiger partial charge >= 0.3 is 5.97 Å².